The van der Waals surface area contributed by atoms with Crippen LogP contribution in [0, 0.1) is 5.92 Å². The van der Waals surface area contributed by atoms with Crippen LogP contribution in [0.1, 0.15) is 55.7 Å². The summed E-state index contributed by atoms with van der Waals surface area (Å²) in [5.74, 6) is 0.963. The van der Waals surface area contributed by atoms with E-state index in [9.17, 15) is 5.11 Å². The van der Waals surface area contributed by atoms with E-state index in [4.69, 9.17) is 0 Å². The van der Waals surface area contributed by atoms with E-state index < -0.39 is 0 Å². The predicted octanol–water partition coefficient (Wildman–Crippen LogP) is 3.69. The molecular formula is C16H24O. The van der Waals surface area contributed by atoms with Crippen molar-refractivity contribution in [3.8, 4) is 0 Å². The van der Waals surface area contributed by atoms with E-state index in [0.717, 1.165) is 6.42 Å². The average molecular weight is 232 g/mol. The Morgan fingerprint density at radius 2 is 1.82 bits per heavy atom. The molecule has 1 aliphatic rings. The third-order valence-corrected chi connectivity index (χ3v) is 3.82. The van der Waals surface area contributed by atoms with Gasteiger partial charge in [-0.2, -0.15) is 0 Å². The molecule has 0 saturated carbocycles. The lowest BCUT2D eigenvalue weighted by atomic mass is 9.85. The first-order valence-electron chi connectivity index (χ1n) is 6.93. The maximum atomic E-state index is 9.53. The van der Waals surface area contributed by atoms with E-state index in [-0.39, 0.29) is 6.61 Å². The zero-order chi connectivity index (χ0) is 12.3. The van der Waals surface area contributed by atoms with Gasteiger partial charge in [-0.05, 0) is 54.7 Å². The Labute approximate surface area is 105 Å². The van der Waals surface area contributed by atoms with Gasteiger partial charge < -0.3 is 5.11 Å². The van der Waals surface area contributed by atoms with Gasteiger partial charge in [-0.3, -0.25) is 0 Å². The largest absolute Gasteiger partial charge is 0.396 e. The molecule has 0 radical (unpaired) electrons. The first-order valence-corrected chi connectivity index (χ1v) is 6.93. The number of rotatable bonds is 4. The van der Waals surface area contributed by atoms with E-state index in [1.807, 2.05) is 0 Å². The minimum Gasteiger partial charge on any atom is -0.396 e. The minimum atomic E-state index is 0.275. The first-order chi connectivity index (χ1) is 8.20. The lowest BCUT2D eigenvalue weighted by Gasteiger charge is -2.21. The summed E-state index contributed by atoms with van der Waals surface area (Å²) in [6, 6.07) is 6.86. The summed E-state index contributed by atoms with van der Waals surface area (Å²) in [5, 5.41) is 9.53. The average Bonchev–Trinajstić information content (AvgIpc) is 2.35. The Hall–Kier alpha value is -0.820. The van der Waals surface area contributed by atoms with Crippen LogP contribution in [-0.2, 0) is 12.8 Å². The first kappa shape index (κ1) is 12.6. The van der Waals surface area contributed by atoms with E-state index in [1.54, 1.807) is 0 Å². The van der Waals surface area contributed by atoms with E-state index in [0.29, 0.717) is 11.8 Å². The van der Waals surface area contributed by atoms with Gasteiger partial charge in [-0.1, -0.05) is 32.0 Å². The fourth-order valence-corrected chi connectivity index (χ4v) is 2.89. The highest BCUT2D eigenvalue weighted by Crippen LogP contribution is 2.28. The van der Waals surface area contributed by atoms with Gasteiger partial charge in [0.05, 0.1) is 0 Å². The van der Waals surface area contributed by atoms with Crippen LogP contribution in [0.25, 0.3) is 0 Å². The van der Waals surface area contributed by atoms with Crippen molar-refractivity contribution in [2.75, 3.05) is 6.61 Å². The second-order valence-corrected chi connectivity index (χ2v) is 5.74. The molecule has 0 fully saturated rings. The highest BCUT2D eigenvalue weighted by atomic mass is 16.3. The number of benzene rings is 1. The van der Waals surface area contributed by atoms with Crippen molar-refractivity contribution in [2.45, 2.75) is 51.9 Å². The van der Waals surface area contributed by atoms with Crippen molar-refractivity contribution in [3.63, 3.8) is 0 Å². The van der Waals surface area contributed by atoms with Gasteiger partial charge in [0.1, 0.15) is 0 Å². The quantitative estimate of drug-likeness (QED) is 0.839. The molecule has 1 aromatic rings. The summed E-state index contributed by atoms with van der Waals surface area (Å²) in [7, 11) is 0. The third-order valence-electron chi connectivity index (χ3n) is 3.82. The maximum absolute atomic E-state index is 9.53. The van der Waals surface area contributed by atoms with Crippen LogP contribution in [0.2, 0.25) is 0 Å². The van der Waals surface area contributed by atoms with E-state index in [2.05, 4.69) is 32.0 Å². The Morgan fingerprint density at radius 3 is 2.47 bits per heavy atom. The Balaban J connectivity index is 2.19. The van der Waals surface area contributed by atoms with Gasteiger partial charge in [0, 0.05) is 12.5 Å². The maximum Gasteiger partial charge on any atom is 0.0499 e. The van der Waals surface area contributed by atoms with Crippen molar-refractivity contribution in [3.05, 3.63) is 34.9 Å². The zero-order valence-corrected chi connectivity index (χ0v) is 11.1. The fourth-order valence-electron chi connectivity index (χ4n) is 2.89. The van der Waals surface area contributed by atoms with Gasteiger partial charge in [0.25, 0.3) is 0 Å². The number of aliphatic hydroxyl groups excluding tert-OH is 1. The summed E-state index contributed by atoms with van der Waals surface area (Å²) >= 11 is 0. The Bertz CT molecular complexity index is 368. The van der Waals surface area contributed by atoms with E-state index >= 15 is 0 Å². The summed E-state index contributed by atoms with van der Waals surface area (Å²) in [4.78, 5) is 0. The summed E-state index contributed by atoms with van der Waals surface area (Å²) in [6.45, 7) is 4.72. The fraction of sp³-hybridized carbons (Fsp3) is 0.625. The molecule has 0 aliphatic heterocycles. The highest BCUT2D eigenvalue weighted by Gasteiger charge is 2.15. The van der Waals surface area contributed by atoms with Crippen molar-refractivity contribution >= 4 is 0 Å². The van der Waals surface area contributed by atoms with Crippen LogP contribution >= 0.6 is 0 Å². The van der Waals surface area contributed by atoms with Crippen LogP contribution in [-0.4, -0.2) is 11.7 Å². The van der Waals surface area contributed by atoms with Crippen LogP contribution in [0.3, 0.4) is 0 Å². The molecule has 1 nitrogen and oxygen atoms in total. The molecule has 1 heteroatoms. The number of hydrogen-bond donors (Lipinski definition) is 1. The molecular weight excluding hydrogens is 208 g/mol. The predicted molar refractivity (Wildman–Crippen MR) is 72.4 cm³/mol. The highest BCUT2D eigenvalue weighted by molar-refractivity contribution is 5.35. The molecule has 1 aliphatic carbocycles. The number of fused-ring (bicyclic) bond motifs is 1. The van der Waals surface area contributed by atoms with Gasteiger partial charge in [0.2, 0.25) is 0 Å². The van der Waals surface area contributed by atoms with Crippen LogP contribution in [0.15, 0.2) is 18.2 Å². The SMILES string of the molecule is CC(C)CC(CO)c1ccc2c(c1)CCCC2. The monoisotopic (exact) mass is 232 g/mol. The number of hydrogen-bond acceptors (Lipinski definition) is 1. The van der Waals surface area contributed by atoms with Crippen molar-refractivity contribution in [2.24, 2.45) is 5.92 Å². The zero-order valence-electron chi connectivity index (χ0n) is 11.1. The van der Waals surface area contributed by atoms with Crippen LogP contribution in [0.4, 0.5) is 0 Å². The Morgan fingerprint density at radius 1 is 1.12 bits per heavy atom. The molecule has 1 unspecified atom stereocenters. The summed E-state index contributed by atoms with van der Waals surface area (Å²) in [6.07, 6.45) is 6.20. The molecule has 0 aromatic heterocycles. The van der Waals surface area contributed by atoms with Crippen molar-refractivity contribution in [1.29, 1.82) is 0 Å². The van der Waals surface area contributed by atoms with Crippen LogP contribution < -0.4 is 0 Å². The van der Waals surface area contributed by atoms with Gasteiger partial charge in [0.15, 0.2) is 0 Å². The van der Waals surface area contributed by atoms with Gasteiger partial charge >= 0.3 is 0 Å². The van der Waals surface area contributed by atoms with Crippen molar-refractivity contribution in [1.82, 2.24) is 0 Å². The van der Waals surface area contributed by atoms with Gasteiger partial charge in [-0.25, -0.2) is 0 Å². The summed E-state index contributed by atoms with van der Waals surface area (Å²) < 4.78 is 0. The van der Waals surface area contributed by atoms with Crippen LogP contribution in [0.5, 0.6) is 0 Å². The smallest absolute Gasteiger partial charge is 0.0499 e. The Kier molecular flexibility index (Phi) is 4.22. The third kappa shape index (κ3) is 3.10. The molecule has 0 bridgehead atoms. The molecule has 1 aromatic carbocycles. The van der Waals surface area contributed by atoms with Gasteiger partial charge in [-0.15, -0.1) is 0 Å². The minimum absolute atomic E-state index is 0.275. The molecule has 0 saturated heterocycles. The van der Waals surface area contributed by atoms with Crippen molar-refractivity contribution < 1.29 is 5.11 Å². The normalized spacial score (nSPS) is 16.9. The van der Waals surface area contributed by atoms with E-state index in [1.165, 1.54) is 42.4 Å². The number of aliphatic hydroxyl groups is 1. The molecule has 94 valence electrons. The second-order valence-electron chi connectivity index (χ2n) is 5.74. The molecule has 2 rings (SSSR count). The summed E-state index contributed by atoms with van der Waals surface area (Å²) in [5.41, 5.74) is 4.39. The second kappa shape index (κ2) is 5.68. The number of aryl methyl sites for hydroxylation is 2. The molecule has 17 heavy (non-hydrogen) atoms. The lowest BCUT2D eigenvalue weighted by molar-refractivity contribution is 0.249. The molecule has 0 heterocycles. The lowest BCUT2D eigenvalue weighted by Crippen LogP contribution is -2.10. The molecule has 0 amide bonds. The molecule has 1 N–H and O–H groups in total. The standard InChI is InChI=1S/C16H24O/c1-12(2)9-16(11-17)15-8-7-13-5-3-4-6-14(13)10-15/h7-8,10,12,16-17H,3-6,9,11H2,1-2H3. The molecule has 1 atom stereocenters. The molecule has 0 spiro atoms. The topological polar surface area (TPSA) is 20.2 Å².